The van der Waals surface area contributed by atoms with Crippen LogP contribution in [0.15, 0.2) is 73.2 Å². The van der Waals surface area contributed by atoms with Crippen molar-refractivity contribution in [3.63, 3.8) is 0 Å². The minimum atomic E-state index is -0.174. The molecule has 0 unspecified atom stereocenters. The van der Waals surface area contributed by atoms with Crippen LogP contribution in [-0.2, 0) is 6.54 Å². The summed E-state index contributed by atoms with van der Waals surface area (Å²) in [5.74, 6) is 0.291. The third kappa shape index (κ3) is 3.29. The summed E-state index contributed by atoms with van der Waals surface area (Å²) in [5.41, 5.74) is 5.41. The average Bonchev–Trinajstić information content (AvgIpc) is 3.36. The van der Waals surface area contributed by atoms with Gasteiger partial charge < -0.3 is 0 Å². The summed E-state index contributed by atoms with van der Waals surface area (Å²) in [6.07, 6.45) is 7.00. The molecule has 140 valence electrons. The Labute approximate surface area is 163 Å². The van der Waals surface area contributed by atoms with Crippen LogP contribution in [0.3, 0.4) is 0 Å². The fourth-order valence-corrected chi connectivity index (χ4v) is 4.06. The van der Waals surface area contributed by atoms with E-state index in [-0.39, 0.29) is 5.82 Å². The van der Waals surface area contributed by atoms with Crippen LogP contribution in [0, 0.1) is 5.82 Å². The predicted molar refractivity (Wildman–Crippen MR) is 107 cm³/mol. The van der Waals surface area contributed by atoms with Crippen molar-refractivity contribution in [1.29, 1.82) is 0 Å². The maximum absolute atomic E-state index is 13.1. The lowest BCUT2D eigenvalue weighted by atomic mass is 9.99. The molecule has 1 saturated heterocycles. The van der Waals surface area contributed by atoms with Gasteiger partial charge in [-0.25, -0.2) is 13.9 Å². The molecule has 4 nitrogen and oxygen atoms in total. The number of rotatable bonds is 4. The van der Waals surface area contributed by atoms with Crippen molar-refractivity contribution in [2.24, 2.45) is 0 Å². The summed E-state index contributed by atoms with van der Waals surface area (Å²) in [5, 5.41) is 4.50. The molecule has 1 fully saturated rings. The van der Waals surface area contributed by atoms with E-state index in [1.165, 1.54) is 5.56 Å². The quantitative estimate of drug-likeness (QED) is 0.528. The molecule has 2 aromatic heterocycles. The van der Waals surface area contributed by atoms with Crippen LogP contribution in [0.4, 0.5) is 4.39 Å². The van der Waals surface area contributed by atoms with Gasteiger partial charge >= 0.3 is 0 Å². The first-order valence-electron chi connectivity index (χ1n) is 9.62. The highest BCUT2D eigenvalue weighted by molar-refractivity contribution is 5.76. The minimum Gasteiger partial charge on any atom is -0.298 e. The van der Waals surface area contributed by atoms with Gasteiger partial charge in [0.1, 0.15) is 5.82 Å². The topological polar surface area (TPSA) is 33.4 Å². The van der Waals surface area contributed by atoms with Crippen LogP contribution in [-0.4, -0.2) is 32.6 Å². The molecule has 1 aliphatic rings. The number of hydrogen-bond acceptors (Lipinski definition) is 3. The Kier molecular flexibility index (Phi) is 4.37. The van der Waals surface area contributed by atoms with E-state index in [2.05, 4.69) is 33.3 Å². The number of likely N-dealkylation sites (tertiary alicyclic amines) is 1. The second kappa shape index (κ2) is 7.17. The van der Waals surface area contributed by atoms with E-state index in [9.17, 15) is 4.39 Å². The highest BCUT2D eigenvalue weighted by Gasteiger charge is 2.24. The first kappa shape index (κ1) is 17.1. The molecule has 0 amide bonds. The molecule has 4 aromatic rings. The highest BCUT2D eigenvalue weighted by Crippen LogP contribution is 2.28. The van der Waals surface area contributed by atoms with E-state index < -0.39 is 0 Å². The number of fused-ring (bicyclic) bond motifs is 1. The molecular formula is C23H21FN4. The van der Waals surface area contributed by atoms with E-state index in [0.717, 1.165) is 48.4 Å². The second-order valence-electron chi connectivity index (χ2n) is 7.43. The van der Waals surface area contributed by atoms with E-state index in [1.54, 1.807) is 12.1 Å². The zero-order valence-corrected chi connectivity index (χ0v) is 15.5. The van der Waals surface area contributed by atoms with Gasteiger partial charge in [-0.3, -0.25) is 4.90 Å². The standard InChI is InChI=1S/C23H21FN4/c24-21-8-6-18(7-9-21)20-10-11-27(16-20)14-17-12-25-23-22(13-26-28(23)15-17)19-4-2-1-3-5-19/h1-9,12-13,15,20H,10-11,14,16H2/t20-/m0/s1. The lowest BCUT2D eigenvalue weighted by molar-refractivity contribution is 0.326. The fourth-order valence-electron chi connectivity index (χ4n) is 4.06. The van der Waals surface area contributed by atoms with E-state index in [1.807, 2.05) is 47.2 Å². The van der Waals surface area contributed by atoms with Crippen molar-refractivity contribution in [3.8, 4) is 11.1 Å². The molecule has 5 rings (SSSR count). The molecule has 1 aliphatic heterocycles. The Bertz CT molecular complexity index is 1090. The molecule has 0 aliphatic carbocycles. The predicted octanol–water partition coefficient (Wildman–Crippen LogP) is 4.52. The van der Waals surface area contributed by atoms with Gasteiger partial charge in [-0.05, 0) is 42.1 Å². The first-order valence-corrected chi connectivity index (χ1v) is 9.62. The minimum absolute atomic E-state index is 0.174. The molecule has 3 heterocycles. The van der Waals surface area contributed by atoms with Crippen LogP contribution >= 0.6 is 0 Å². The van der Waals surface area contributed by atoms with Crippen LogP contribution in [0.5, 0.6) is 0 Å². The molecular weight excluding hydrogens is 351 g/mol. The van der Waals surface area contributed by atoms with Gasteiger partial charge in [-0.15, -0.1) is 0 Å². The fraction of sp³-hybridized carbons (Fsp3) is 0.217. The maximum atomic E-state index is 13.1. The average molecular weight is 372 g/mol. The molecule has 5 heteroatoms. The summed E-state index contributed by atoms with van der Waals surface area (Å²) in [4.78, 5) is 7.11. The zero-order chi connectivity index (χ0) is 18.9. The maximum Gasteiger partial charge on any atom is 0.162 e. The van der Waals surface area contributed by atoms with Gasteiger partial charge in [0.05, 0.1) is 6.20 Å². The molecule has 28 heavy (non-hydrogen) atoms. The van der Waals surface area contributed by atoms with Crippen molar-refractivity contribution < 1.29 is 4.39 Å². The van der Waals surface area contributed by atoms with Gasteiger partial charge in [-0.2, -0.15) is 5.10 Å². The molecule has 0 spiro atoms. The van der Waals surface area contributed by atoms with Gasteiger partial charge in [0.25, 0.3) is 0 Å². The third-order valence-corrected chi connectivity index (χ3v) is 5.51. The first-order chi connectivity index (χ1) is 13.8. The number of nitrogens with zero attached hydrogens (tertiary/aromatic N) is 4. The monoisotopic (exact) mass is 372 g/mol. The van der Waals surface area contributed by atoms with Gasteiger partial charge in [0, 0.05) is 36.6 Å². The van der Waals surface area contributed by atoms with Crippen LogP contribution < -0.4 is 0 Å². The summed E-state index contributed by atoms with van der Waals surface area (Å²) in [6, 6.07) is 17.1. The number of halogens is 1. The molecule has 0 saturated carbocycles. The summed E-state index contributed by atoms with van der Waals surface area (Å²) >= 11 is 0. The largest absolute Gasteiger partial charge is 0.298 e. The van der Waals surface area contributed by atoms with Crippen molar-refractivity contribution in [3.05, 3.63) is 90.1 Å². The zero-order valence-electron chi connectivity index (χ0n) is 15.5. The molecule has 0 N–H and O–H groups in total. The van der Waals surface area contributed by atoms with Crippen molar-refractivity contribution in [2.75, 3.05) is 13.1 Å². The van der Waals surface area contributed by atoms with Crippen molar-refractivity contribution >= 4 is 5.65 Å². The number of hydrogen-bond donors (Lipinski definition) is 0. The Morgan fingerprint density at radius 1 is 1.00 bits per heavy atom. The lowest BCUT2D eigenvalue weighted by Crippen LogP contribution is -2.20. The molecule has 2 aromatic carbocycles. The Balaban J connectivity index is 1.31. The molecule has 0 radical (unpaired) electrons. The van der Waals surface area contributed by atoms with Crippen LogP contribution in [0.1, 0.15) is 23.5 Å². The molecule has 0 bridgehead atoms. The van der Waals surface area contributed by atoms with Crippen LogP contribution in [0.25, 0.3) is 16.8 Å². The van der Waals surface area contributed by atoms with E-state index in [4.69, 9.17) is 0 Å². The number of aromatic nitrogens is 3. The SMILES string of the molecule is Fc1ccc([C@H]2CCN(Cc3cnc4c(-c5ccccc5)cnn4c3)C2)cc1. The third-order valence-electron chi connectivity index (χ3n) is 5.51. The van der Waals surface area contributed by atoms with E-state index >= 15 is 0 Å². The van der Waals surface area contributed by atoms with Crippen LogP contribution in [0.2, 0.25) is 0 Å². The lowest BCUT2D eigenvalue weighted by Gasteiger charge is -2.16. The molecule has 1 atom stereocenters. The van der Waals surface area contributed by atoms with Crippen molar-refractivity contribution in [2.45, 2.75) is 18.9 Å². The Morgan fingerprint density at radius 3 is 2.64 bits per heavy atom. The van der Waals surface area contributed by atoms with Gasteiger partial charge in [0.15, 0.2) is 5.65 Å². The second-order valence-corrected chi connectivity index (χ2v) is 7.43. The van der Waals surface area contributed by atoms with Crippen molar-refractivity contribution in [1.82, 2.24) is 19.5 Å². The van der Waals surface area contributed by atoms with Gasteiger partial charge in [0.2, 0.25) is 0 Å². The number of benzene rings is 2. The smallest absolute Gasteiger partial charge is 0.162 e. The van der Waals surface area contributed by atoms with E-state index in [0.29, 0.717) is 5.92 Å². The van der Waals surface area contributed by atoms with Gasteiger partial charge in [-0.1, -0.05) is 42.5 Å². The normalized spacial score (nSPS) is 17.4. The Morgan fingerprint density at radius 2 is 1.82 bits per heavy atom. The summed E-state index contributed by atoms with van der Waals surface area (Å²) in [6.45, 7) is 2.87. The summed E-state index contributed by atoms with van der Waals surface area (Å²) < 4.78 is 15.0. The highest BCUT2D eigenvalue weighted by atomic mass is 19.1. The Hall–Kier alpha value is -3.05. The summed E-state index contributed by atoms with van der Waals surface area (Å²) in [7, 11) is 0.